The lowest BCUT2D eigenvalue weighted by molar-refractivity contribution is -0.685. The van der Waals surface area contributed by atoms with Crippen molar-refractivity contribution in [2.24, 2.45) is 0 Å². The second kappa shape index (κ2) is 19.6. The minimum atomic E-state index is -7.22. The van der Waals surface area contributed by atoms with Gasteiger partial charge < -0.3 is 4.74 Å². The summed E-state index contributed by atoms with van der Waals surface area (Å²) >= 11 is 9.31. The lowest BCUT2D eigenvalue weighted by Crippen LogP contribution is -2.81. The number of carbonyl (C=O) groups excluding carboxylic acids is 2. The van der Waals surface area contributed by atoms with Gasteiger partial charge in [-0.1, -0.05) is 30.3 Å². The molecule has 0 bridgehead atoms. The summed E-state index contributed by atoms with van der Waals surface area (Å²) in [4.78, 5) is 24.4. The molecule has 28 heteroatoms. The first kappa shape index (κ1) is 52.5. The Kier molecular flexibility index (Phi) is 15.4. The van der Waals surface area contributed by atoms with E-state index in [9.17, 15) is 62.3 Å². The Morgan fingerprint density at radius 3 is 0.970 bits per heavy atom. The number of ketones is 1. The van der Waals surface area contributed by atoms with E-state index >= 15 is 35.1 Å². The SMILES string of the molecule is Fc1c(F)c(F)c([B-](c2c(F)c(F)c(F)c(F)c2F)(c2c(F)c(F)c(F)c(F)c2F)c2c(F)c(F)c(F)c(F)c2F)c(F)c1F.O=C(C[n+]1ccccc1C(=O)OC(Br)(Br)Br)c1ccccc1. The number of Topliss-reactive ketones (excluding diaryl/α,β-unsaturated/α-hetero) is 1. The molecule has 5 aromatic carbocycles. The molecule has 1 aromatic heterocycles. The lowest BCUT2D eigenvalue weighted by atomic mass is 9.12. The van der Waals surface area contributed by atoms with E-state index in [-0.39, 0.29) is 18.0 Å². The Balaban J connectivity index is 0.000000319. The summed E-state index contributed by atoms with van der Waals surface area (Å²) < 4.78 is 299. The third kappa shape index (κ3) is 9.14. The zero-order valence-electron chi connectivity index (χ0n) is 31.3. The van der Waals surface area contributed by atoms with E-state index in [4.69, 9.17) is 4.74 Å². The fourth-order valence-corrected chi connectivity index (χ4v) is 7.14. The predicted octanol–water partition coefficient (Wildman–Crippen LogP) is 9.66. The largest absolute Gasteiger partial charge is 0.419 e. The van der Waals surface area contributed by atoms with Crippen molar-refractivity contribution in [1.82, 2.24) is 0 Å². The molecule has 0 amide bonds. The molecule has 0 atom stereocenters. The summed E-state index contributed by atoms with van der Waals surface area (Å²) in [5.41, 5.74) is -13.5. The number of hydrogen-bond acceptors (Lipinski definition) is 3. The average molecular weight is 1170 g/mol. The summed E-state index contributed by atoms with van der Waals surface area (Å²) in [6.45, 7) is 0.0507. The number of rotatable bonds is 8. The van der Waals surface area contributed by atoms with Gasteiger partial charge in [0.15, 0.2) is 76.0 Å². The Labute approximate surface area is 384 Å². The molecule has 0 saturated carbocycles. The van der Waals surface area contributed by atoms with Gasteiger partial charge in [-0.05, 0) is 53.9 Å². The number of carbonyl (C=O) groups is 2. The van der Waals surface area contributed by atoms with Crippen LogP contribution in [0.4, 0.5) is 87.8 Å². The first-order valence-corrected chi connectivity index (χ1v) is 19.5. The predicted molar refractivity (Wildman–Crippen MR) is 202 cm³/mol. The molecule has 0 spiro atoms. The van der Waals surface area contributed by atoms with Gasteiger partial charge in [0.2, 0.25) is 12.3 Å². The molecule has 0 fully saturated rings. The van der Waals surface area contributed by atoms with E-state index in [1.807, 2.05) is 6.07 Å². The van der Waals surface area contributed by atoms with Crippen LogP contribution in [0.25, 0.3) is 0 Å². The van der Waals surface area contributed by atoms with E-state index in [0.29, 0.717) is 5.56 Å². The summed E-state index contributed by atoms with van der Waals surface area (Å²) in [5.74, 6) is -72.1. The summed E-state index contributed by atoms with van der Waals surface area (Å²) in [7, 11) is 0. The van der Waals surface area contributed by atoms with Gasteiger partial charge in [-0.25, -0.2) is 92.6 Å². The zero-order chi connectivity index (χ0) is 50.5. The van der Waals surface area contributed by atoms with Crippen molar-refractivity contribution in [3.8, 4) is 0 Å². The lowest BCUT2D eigenvalue weighted by Gasteiger charge is -2.44. The quantitative estimate of drug-likeness (QED) is 0.0223. The third-order valence-corrected chi connectivity index (χ3v) is 9.96. The van der Waals surface area contributed by atoms with Crippen LogP contribution in [0.3, 0.4) is 0 Å². The van der Waals surface area contributed by atoms with Crippen molar-refractivity contribution in [2.45, 2.75) is 8.87 Å². The Hall–Kier alpha value is -5.51. The molecule has 0 aliphatic rings. The van der Waals surface area contributed by atoms with Crippen LogP contribution in [-0.2, 0) is 11.3 Å². The van der Waals surface area contributed by atoms with Crippen LogP contribution in [0.1, 0.15) is 20.8 Å². The number of halogens is 23. The molecule has 0 aliphatic carbocycles. The Morgan fingerprint density at radius 2 is 0.687 bits per heavy atom. The maximum atomic E-state index is 15.4. The van der Waals surface area contributed by atoms with E-state index < -0.39 is 153 Å². The zero-order valence-corrected chi connectivity index (χ0v) is 36.1. The van der Waals surface area contributed by atoms with Gasteiger partial charge >= 0.3 is 5.97 Å². The number of benzene rings is 5. The highest BCUT2D eigenvalue weighted by molar-refractivity contribution is 9.39. The van der Waals surface area contributed by atoms with Crippen LogP contribution < -0.4 is 26.4 Å². The van der Waals surface area contributed by atoms with Crippen LogP contribution in [0.15, 0.2) is 54.7 Å². The summed E-state index contributed by atoms with van der Waals surface area (Å²) in [6, 6.07) is 14.0. The van der Waals surface area contributed by atoms with Gasteiger partial charge in [0.1, 0.15) is 52.7 Å². The maximum absolute atomic E-state index is 15.4. The highest BCUT2D eigenvalue weighted by Gasteiger charge is 2.52. The summed E-state index contributed by atoms with van der Waals surface area (Å²) in [5, 5.41) is 0. The number of alkyl halides is 3. The van der Waals surface area contributed by atoms with Crippen molar-refractivity contribution in [2.75, 3.05) is 0 Å². The number of ether oxygens (including phenoxy) is 1. The standard InChI is InChI=1S/C24BF20.C15H11Br3NO3/c26-5-1(6(27)14(35)21(42)13(5)34)25(2-7(28)15(36)22(43)16(37)8(2)29,3-9(30)17(38)23(44)18(39)10(3)31)4-11(32)19(40)24(45)20(41)12(4)33;16-15(17,18)22-14(21)12-8-4-5-9-19(12)10-13(20)11-6-2-1-3-7-11/h;1-9H,10H2/q-1;+1. The van der Waals surface area contributed by atoms with Crippen LogP contribution in [0.5, 0.6) is 0 Å². The molecule has 67 heavy (non-hydrogen) atoms. The summed E-state index contributed by atoms with van der Waals surface area (Å²) in [6.07, 6.45) is -5.55. The third-order valence-electron chi connectivity index (χ3n) is 9.48. The molecule has 0 radical (unpaired) electrons. The van der Waals surface area contributed by atoms with Gasteiger partial charge in [0, 0.05) is 17.7 Å². The Bertz CT molecular complexity index is 2630. The van der Waals surface area contributed by atoms with Gasteiger partial charge in [-0.2, -0.15) is 4.57 Å². The Morgan fingerprint density at radius 1 is 0.418 bits per heavy atom. The van der Waals surface area contributed by atoms with E-state index in [1.165, 1.54) is 0 Å². The van der Waals surface area contributed by atoms with E-state index in [0.717, 1.165) is 0 Å². The maximum Gasteiger partial charge on any atom is 0.406 e. The molecular formula is C39H11BBr3F20NO3. The molecule has 0 aliphatic heterocycles. The normalized spacial score (nSPS) is 11.7. The fourth-order valence-electron chi connectivity index (χ4n) is 6.70. The van der Waals surface area contributed by atoms with Crippen molar-refractivity contribution < 1.29 is 107 Å². The highest BCUT2D eigenvalue weighted by atomic mass is 80.0. The average Bonchev–Trinajstić information content (AvgIpc) is 3.29. The molecular weight excluding hydrogens is 1160 g/mol. The van der Waals surface area contributed by atoms with Gasteiger partial charge in [0.25, 0.3) is 8.02 Å². The second-order valence-corrected chi connectivity index (χ2v) is 19.7. The smallest absolute Gasteiger partial charge is 0.406 e. The fraction of sp³-hybridized carbons (Fsp3) is 0.0513. The molecule has 0 unspecified atom stereocenters. The molecule has 1 heterocycles. The number of hydrogen-bond donors (Lipinski definition) is 0. The van der Waals surface area contributed by atoms with Crippen LogP contribution in [-0.4, -0.2) is 20.2 Å². The molecule has 0 saturated heterocycles. The first-order valence-electron chi connectivity index (χ1n) is 17.2. The van der Waals surface area contributed by atoms with Crippen molar-refractivity contribution in [1.29, 1.82) is 0 Å². The topological polar surface area (TPSA) is 47.2 Å². The molecule has 6 rings (SSSR count). The highest BCUT2D eigenvalue weighted by Crippen LogP contribution is 2.35. The van der Waals surface area contributed by atoms with Gasteiger partial charge in [0.05, 0.1) is 0 Å². The number of esters is 1. The van der Waals surface area contributed by atoms with Gasteiger partial charge in [-0.15, -0.1) is 21.9 Å². The minimum Gasteiger partial charge on any atom is -0.419 e. The molecule has 6 aromatic rings. The van der Waals surface area contributed by atoms with Crippen molar-refractivity contribution in [3.63, 3.8) is 0 Å². The first-order chi connectivity index (χ1) is 31.1. The van der Waals surface area contributed by atoms with E-state index in [1.54, 1.807) is 53.2 Å². The number of aromatic nitrogens is 1. The van der Waals surface area contributed by atoms with Crippen molar-refractivity contribution in [3.05, 3.63) is 182 Å². The number of nitrogens with zero attached hydrogens (tertiary/aromatic N) is 1. The molecule has 0 N–H and O–H groups in total. The van der Waals surface area contributed by atoms with Crippen LogP contribution in [0, 0.1) is 116 Å². The molecule has 4 nitrogen and oxygen atoms in total. The monoisotopic (exact) mass is 1170 g/mol. The molecule has 354 valence electrons. The minimum absolute atomic E-state index is 0.0507. The van der Waals surface area contributed by atoms with Crippen LogP contribution >= 0.6 is 47.8 Å². The van der Waals surface area contributed by atoms with Crippen molar-refractivity contribution >= 4 is 87.5 Å². The van der Waals surface area contributed by atoms with E-state index in [2.05, 4.69) is 47.8 Å². The second-order valence-electron chi connectivity index (χ2n) is 13.1. The van der Waals surface area contributed by atoms with Gasteiger partial charge in [-0.3, -0.25) is 4.79 Å². The van der Waals surface area contributed by atoms with Crippen LogP contribution in [0.2, 0.25) is 0 Å². The number of pyridine rings is 1.